The maximum Gasteiger partial charge on any atom is 0.265 e. The summed E-state index contributed by atoms with van der Waals surface area (Å²) in [5, 5.41) is 2.93. The minimum atomic E-state index is -0.117. The van der Waals surface area contributed by atoms with Crippen LogP contribution in [0.2, 0.25) is 0 Å². The van der Waals surface area contributed by atoms with E-state index < -0.39 is 0 Å². The van der Waals surface area contributed by atoms with Crippen LogP contribution in [0.25, 0.3) is 0 Å². The Morgan fingerprint density at radius 2 is 1.74 bits per heavy atom. The van der Waals surface area contributed by atoms with Crippen molar-refractivity contribution in [2.45, 2.75) is 19.3 Å². The molecule has 1 aliphatic rings. The van der Waals surface area contributed by atoms with Crippen LogP contribution in [-0.2, 0) is 22.4 Å². The summed E-state index contributed by atoms with van der Waals surface area (Å²) in [5.74, 6) is 1.71. The van der Waals surface area contributed by atoms with Gasteiger partial charge in [0.15, 0.2) is 18.1 Å². The summed E-state index contributed by atoms with van der Waals surface area (Å²) in [4.78, 5) is 26.9. The molecule has 0 saturated carbocycles. The second kappa shape index (κ2) is 10.7. The second-order valence-corrected chi connectivity index (χ2v) is 7.99. The molecule has 0 saturated heterocycles. The molecule has 0 unspecified atom stereocenters. The van der Waals surface area contributed by atoms with Crippen LogP contribution in [0.3, 0.4) is 0 Å². The third kappa shape index (κ3) is 5.49. The van der Waals surface area contributed by atoms with E-state index in [1.807, 2.05) is 48.5 Å². The molecule has 7 nitrogen and oxygen atoms in total. The van der Waals surface area contributed by atoms with Crippen molar-refractivity contribution in [3.63, 3.8) is 0 Å². The van der Waals surface area contributed by atoms with Gasteiger partial charge < -0.3 is 24.4 Å². The Bertz CT molecular complexity index is 1160. The zero-order valence-electron chi connectivity index (χ0n) is 19.4. The fraction of sp³-hybridized carbons (Fsp3) is 0.259. The Balaban J connectivity index is 1.41. The molecule has 0 fully saturated rings. The molecule has 1 N–H and O–H groups in total. The second-order valence-electron chi connectivity index (χ2n) is 7.99. The Kier molecular flexibility index (Phi) is 7.32. The van der Waals surface area contributed by atoms with Crippen LogP contribution in [0.5, 0.6) is 17.2 Å². The van der Waals surface area contributed by atoms with Gasteiger partial charge in [0.05, 0.1) is 19.9 Å². The Hall–Kier alpha value is -4.00. The largest absolute Gasteiger partial charge is 0.493 e. The Morgan fingerprint density at radius 1 is 0.941 bits per heavy atom. The highest BCUT2D eigenvalue weighted by Crippen LogP contribution is 2.35. The van der Waals surface area contributed by atoms with Gasteiger partial charge in [-0.05, 0) is 54.3 Å². The lowest BCUT2D eigenvalue weighted by Crippen LogP contribution is -2.40. The van der Waals surface area contributed by atoms with E-state index >= 15 is 0 Å². The highest BCUT2D eigenvalue weighted by molar-refractivity contribution is 5.99. The number of rotatable bonds is 9. The van der Waals surface area contributed by atoms with Gasteiger partial charge in [-0.1, -0.05) is 36.4 Å². The molecule has 0 radical (unpaired) electrons. The number of anilines is 2. The zero-order valence-corrected chi connectivity index (χ0v) is 19.4. The van der Waals surface area contributed by atoms with Crippen LogP contribution >= 0.6 is 0 Å². The van der Waals surface area contributed by atoms with Gasteiger partial charge in [-0.25, -0.2) is 0 Å². The predicted octanol–water partition coefficient (Wildman–Crippen LogP) is 4.24. The third-order valence-corrected chi connectivity index (χ3v) is 5.74. The van der Waals surface area contributed by atoms with Crippen molar-refractivity contribution in [2.75, 3.05) is 37.6 Å². The van der Waals surface area contributed by atoms with Crippen molar-refractivity contribution >= 4 is 23.2 Å². The number of amides is 2. The number of hydrogen-bond acceptors (Lipinski definition) is 5. The van der Waals surface area contributed by atoms with Crippen molar-refractivity contribution in [1.29, 1.82) is 0 Å². The zero-order chi connectivity index (χ0) is 23.9. The van der Waals surface area contributed by atoms with Crippen molar-refractivity contribution in [2.24, 2.45) is 0 Å². The van der Waals surface area contributed by atoms with Crippen molar-refractivity contribution in [3.8, 4) is 17.2 Å². The normalized spacial score (nSPS) is 12.5. The number of nitrogens with zero attached hydrogens (tertiary/aromatic N) is 1. The standard InChI is InChI=1S/C27H28N2O5/c1-32-24-11-8-20(16-25(24)33-2)9-13-26(30)28-21-10-12-23-22(17-21)29(27(31)18-34-23)15-14-19-6-4-3-5-7-19/h3-8,10-12,16-17H,9,13-15,18H2,1-2H3,(H,28,30). The lowest BCUT2D eigenvalue weighted by molar-refractivity contribution is -0.121. The number of fused-ring (bicyclic) bond motifs is 1. The van der Waals surface area contributed by atoms with Crippen LogP contribution in [-0.4, -0.2) is 39.2 Å². The van der Waals surface area contributed by atoms with Crippen LogP contribution < -0.4 is 24.4 Å². The third-order valence-electron chi connectivity index (χ3n) is 5.74. The highest BCUT2D eigenvalue weighted by atomic mass is 16.5. The maximum absolute atomic E-state index is 12.6. The lowest BCUT2D eigenvalue weighted by atomic mass is 10.1. The molecule has 1 aliphatic heterocycles. The van der Waals surface area contributed by atoms with Gasteiger partial charge in [-0.2, -0.15) is 0 Å². The fourth-order valence-electron chi connectivity index (χ4n) is 3.93. The first-order valence-electron chi connectivity index (χ1n) is 11.2. The number of carbonyl (C=O) groups is 2. The van der Waals surface area contributed by atoms with E-state index in [1.54, 1.807) is 37.3 Å². The molecule has 7 heteroatoms. The molecule has 3 aromatic rings. The molecule has 176 valence electrons. The minimum absolute atomic E-state index is 0.0127. The molecule has 0 aromatic heterocycles. The molecule has 0 spiro atoms. The molecule has 1 heterocycles. The molecule has 2 amide bonds. The van der Waals surface area contributed by atoms with E-state index in [0.29, 0.717) is 48.0 Å². The summed E-state index contributed by atoms with van der Waals surface area (Å²) >= 11 is 0. The van der Waals surface area contributed by atoms with Gasteiger partial charge >= 0.3 is 0 Å². The smallest absolute Gasteiger partial charge is 0.265 e. The summed E-state index contributed by atoms with van der Waals surface area (Å²) in [5.41, 5.74) is 3.43. The number of aryl methyl sites for hydroxylation is 1. The Morgan fingerprint density at radius 3 is 2.50 bits per heavy atom. The van der Waals surface area contributed by atoms with E-state index in [2.05, 4.69) is 5.32 Å². The molecule has 0 aliphatic carbocycles. The SMILES string of the molecule is COc1ccc(CCC(=O)Nc2ccc3c(c2)N(CCc2ccccc2)C(=O)CO3)cc1OC. The number of methoxy groups -OCH3 is 2. The van der Waals surface area contributed by atoms with Crippen molar-refractivity contribution < 1.29 is 23.8 Å². The summed E-state index contributed by atoms with van der Waals surface area (Å²) in [7, 11) is 3.17. The Labute approximate surface area is 199 Å². The maximum atomic E-state index is 12.6. The van der Waals surface area contributed by atoms with Crippen LogP contribution in [0.15, 0.2) is 66.7 Å². The lowest BCUT2D eigenvalue weighted by Gasteiger charge is -2.30. The van der Waals surface area contributed by atoms with E-state index in [0.717, 1.165) is 17.5 Å². The molecule has 34 heavy (non-hydrogen) atoms. The van der Waals surface area contributed by atoms with Gasteiger partial charge in [-0.3, -0.25) is 9.59 Å². The van der Waals surface area contributed by atoms with Gasteiger partial charge in [0.25, 0.3) is 5.91 Å². The molecular formula is C27H28N2O5. The van der Waals surface area contributed by atoms with Crippen molar-refractivity contribution in [3.05, 3.63) is 77.9 Å². The van der Waals surface area contributed by atoms with Gasteiger partial charge in [-0.15, -0.1) is 0 Å². The quantitative estimate of drug-likeness (QED) is 0.517. The summed E-state index contributed by atoms with van der Waals surface area (Å²) in [6, 6.07) is 21.0. The topological polar surface area (TPSA) is 77.1 Å². The minimum Gasteiger partial charge on any atom is -0.493 e. The van der Waals surface area contributed by atoms with E-state index in [4.69, 9.17) is 14.2 Å². The summed E-state index contributed by atoms with van der Waals surface area (Å²) in [6.45, 7) is 0.550. The molecule has 0 atom stereocenters. The monoisotopic (exact) mass is 460 g/mol. The van der Waals surface area contributed by atoms with Crippen LogP contribution in [0.4, 0.5) is 11.4 Å². The van der Waals surface area contributed by atoms with E-state index in [1.165, 1.54) is 0 Å². The molecule has 3 aromatic carbocycles. The van der Waals surface area contributed by atoms with Crippen LogP contribution in [0, 0.1) is 0 Å². The number of nitrogens with one attached hydrogen (secondary N) is 1. The van der Waals surface area contributed by atoms with Gasteiger partial charge in [0.1, 0.15) is 5.75 Å². The van der Waals surface area contributed by atoms with Crippen LogP contribution in [0.1, 0.15) is 17.5 Å². The summed E-state index contributed by atoms with van der Waals surface area (Å²) in [6.07, 6.45) is 1.59. The number of hydrogen-bond donors (Lipinski definition) is 1. The van der Waals surface area contributed by atoms with Gasteiger partial charge in [0.2, 0.25) is 5.91 Å². The first-order chi connectivity index (χ1) is 16.6. The summed E-state index contributed by atoms with van der Waals surface area (Å²) < 4.78 is 16.2. The average molecular weight is 461 g/mol. The average Bonchev–Trinajstić information content (AvgIpc) is 2.87. The molecular weight excluding hydrogens is 432 g/mol. The van der Waals surface area contributed by atoms with Crippen molar-refractivity contribution in [1.82, 2.24) is 0 Å². The van der Waals surface area contributed by atoms with E-state index in [-0.39, 0.29) is 18.4 Å². The van der Waals surface area contributed by atoms with Gasteiger partial charge in [0, 0.05) is 18.7 Å². The molecule has 0 bridgehead atoms. The highest BCUT2D eigenvalue weighted by Gasteiger charge is 2.25. The number of carbonyl (C=O) groups excluding carboxylic acids is 2. The molecule has 4 rings (SSSR count). The van der Waals surface area contributed by atoms with E-state index in [9.17, 15) is 9.59 Å². The first-order valence-corrected chi connectivity index (χ1v) is 11.2. The predicted molar refractivity (Wildman–Crippen MR) is 131 cm³/mol. The fourth-order valence-corrected chi connectivity index (χ4v) is 3.93. The first kappa shape index (κ1) is 23.2. The number of benzene rings is 3. The number of ether oxygens (including phenoxy) is 3.